The average molecular weight is 164 g/mol. The van der Waals surface area contributed by atoms with Gasteiger partial charge in [0, 0.05) is 18.3 Å². The molecule has 1 aromatic heterocycles. The van der Waals surface area contributed by atoms with Gasteiger partial charge in [-0.25, -0.2) is 0 Å². The second-order valence-electron chi connectivity index (χ2n) is 2.80. The summed E-state index contributed by atoms with van der Waals surface area (Å²) in [4.78, 5) is 4.13. The number of nitrogens with zero attached hydrogens (tertiary/aromatic N) is 1. The van der Waals surface area contributed by atoms with Gasteiger partial charge in [0.1, 0.15) is 12.4 Å². The third kappa shape index (κ3) is 1.11. The fourth-order valence-electron chi connectivity index (χ4n) is 1.38. The summed E-state index contributed by atoms with van der Waals surface area (Å²) in [5.74, 6) is 0.985. The van der Waals surface area contributed by atoms with Crippen molar-refractivity contribution < 1.29 is 4.74 Å². The molecule has 3 nitrogen and oxygen atoms in total. The van der Waals surface area contributed by atoms with Crippen molar-refractivity contribution in [3.63, 3.8) is 0 Å². The van der Waals surface area contributed by atoms with E-state index in [1.165, 1.54) is 5.56 Å². The summed E-state index contributed by atoms with van der Waals surface area (Å²) in [5.41, 5.74) is 2.21. The highest BCUT2D eigenvalue weighted by Gasteiger charge is 2.12. The lowest BCUT2D eigenvalue weighted by atomic mass is 10.2. The van der Waals surface area contributed by atoms with Crippen LogP contribution >= 0.6 is 0 Å². The third-order valence-corrected chi connectivity index (χ3v) is 2.02. The third-order valence-electron chi connectivity index (χ3n) is 2.02. The van der Waals surface area contributed by atoms with Gasteiger partial charge in [-0.3, -0.25) is 4.98 Å². The zero-order valence-corrected chi connectivity index (χ0v) is 7.13. The van der Waals surface area contributed by atoms with Gasteiger partial charge in [-0.2, -0.15) is 0 Å². The molecule has 1 aliphatic heterocycles. The van der Waals surface area contributed by atoms with Crippen LogP contribution in [-0.4, -0.2) is 18.1 Å². The van der Waals surface area contributed by atoms with Crippen LogP contribution in [0.15, 0.2) is 12.4 Å². The van der Waals surface area contributed by atoms with E-state index in [1.54, 1.807) is 0 Å². The maximum atomic E-state index is 5.54. The number of aromatic nitrogens is 1. The molecule has 2 heterocycles. The number of hydrogen-bond donors (Lipinski definition) is 1. The van der Waals surface area contributed by atoms with Crippen LogP contribution in [0, 0.1) is 0 Å². The highest BCUT2D eigenvalue weighted by atomic mass is 16.5. The van der Waals surface area contributed by atoms with Crippen LogP contribution in [0.5, 0.6) is 5.75 Å². The van der Waals surface area contributed by atoms with Crippen molar-refractivity contribution >= 4 is 5.69 Å². The summed E-state index contributed by atoms with van der Waals surface area (Å²) in [7, 11) is 0. The highest BCUT2D eigenvalue weighted by molar-refractivity contribution is 5.59. The number of pyridine rings is 1. The summed E-state index contributed by atoms with van der Waals surface area (Å²) in [6, 6.07) is 0. The normalized spacial score (nSPS) is 14.4. The van der Waals surface area contributed by atoms with E-state index in [0.717, 1.165) is 31.0 Å². The van der Waals surface area contributed by atoms with Crippen LogP contribution in [0.3, 0.4) is 0 Å². The first-order chi connectivity index (χ1) is 5.92. The van der Waals surface area contributed by atoms with Crippen molar-refractivity contribution in [2.24, 2.45) is 0 Å². The highest BCUT2D eigenvalue weighted by Crippen LogP contribution is 2.29. The van der Waals surface area contributed by atoms with Crippen molar-refractivity contribution in [1.29, 1.82) is 0 Å². The number of hydrogen-bond acceptors (Lipinski definition) is 3. The molecule has 12 heavy (non-hydrogen) atoms. The van der Waals surface area contributed by atoms with Crippen molar-refractivity contribution in [3.8, 4) is 5.75 Å². The van der Waals surface area contributed by atoms with Crippen LogP contribution in [-0.2, 0) is 6.42 Å². The van der Waals surface area contributed by atoms with E-state index in [0.29, 0.717) is 0 Å². The molecule has 0 fully saturated rings. The lowest BCUT2D eigenvalue weighted by Gasteiger charge is -2.20. The molecule has 0 spiro atoms. The Morgan fingerprint density at radius 1 is 1.58 bits per heavy atom. The largest absolute Gasteiger partial charge is 0.489 e. The molecule has 64 valence electrons. The summed E-state index contributed by atoms with van der Waals surface area (Å²) in [5, 5.41) is 3.25. The second kappa shape index (κ2) is 3.01. The minimum absolute atomic E-state index is 0.754. The van der Waals surface area contributed by atoms with E-state index >= 15 is 0 Å². The van der Waals surface area contributed by atoms with E-state index in [-0.39, 0.29) is 0 Å². The molecule has 1 aliphatic rings. The zero-order chi connectivity index (χ0) is 8.39. The molecule has 0 radical (unpaired) electrons. The first-order valence-electron chi connectivity index (χ1n) is 4.25. The summed E-state index contributed by atoms with van der Waals surface area (Å²) < 4.78 is 5.54. The lowest BCUT2D eigenvalue weighted by molar-refractivity contribution is 0.319. The van der Waals surface area contributed by atoms with Crippen LogP contribution in [0.1, 0.15) is 12.5 Å². The van der Waals surface area contributed by atoms with Gasteiger partial charge >= 0.3 is 0 Å². The number of fused-ring (bicyclic) bond motifs is 1. The molecule has 0 unspecified atom stereocenters. The van der Waals surface area contributed by atoms with Crippen molar-refractivity contribution in [2.75, 3.05) is 18.5 Å². The van der Waals surface area contributed by atoms with E-state index in [2.05, 4.69) is 17.2 Å². The Kier molecular flexibility index (Phi) is 1.86. The molecular weight excluding hydrogens is 152 g/mol. The molecular formula is C9H12N2O. The molecule has 0 saturated carbocycles. The molecule has 0 bridgehead atoms. The zero-order valence-electron chi connectivity index (χ0n) is 7.13. The first kappa shape index (κ1) is 7.40. The Morgan fingerprint density at radius 2 is 2.50 bits per heavy atom. The Bertz CT molecular complexity index is 272. The van der Waals surface area contributed by atoms with Gasteiger partial charge in [0.05, 0.1) is 11.9 Å². The van der Waals surface area contributed by atoms with Gasteiger partial charge in [-0.05, 0) is 6.42 Å². The minimum Gasteiger partial charge on any atom is -0.489 e. The number of nitrogens with one attached hydrogen (secondary N) is 1. The molecule has 1 N–H and O–H groups in total. The number of ether oxygens (including phenoxy) is 1. The molecule has 3 heteroatoms. The van der Waals surface area contributed by atoms with Gasteiger partial charge in [0.15, 0.2) is 0 Å². The average Bonchev–Trinajstić information content (AvgIpc) is 2.17. The maximum absolute atomic E-state index is 5.54. The van der Waals surface area contributed by atoms with Gasteiger partial charge < -0.3 is 10.1 Å². The Morgan fingerprint density at radius 3 is 3.33 bits per heavy atom. The Hall–Kier alpha value is -1.25. The van der Waals surface area contributed by atoms with Gasteiger partial charge in [-0.1, -0.05) is 6.92 Å². The Balaban J connectivity index is 2.44. The van der Waals surface area contributed by atoms with Crippen LogP contribution in [0.4, 0.5) is 5.69 Å². The van der Waals surface area contributed by atoms with Crippen LogP contribution in [0.2, 0.25) is 0 Å². The fourth-order valence-corrected chi connectivity index (χ4v) is 1.38. The van der Waals surface area contributed by atoms with Crippen molar-refractivity contribution in [2.45, 2.75) is 13.3 Å². The second-order valence-corrected chi connectivity index (χ2v) is 2.80. The molecule has 0 amide bonds. The summed E-state index contributed by atoms with van der Waals surface area (Å²) in [6.07, 6.45) is 4.65. The van der Waals surface area contributed by atoms with E-state index in [1.807, 2.05) is 12.4 Å². The topological polar surface area (TPSA) is 34.1 Å². The van der Waals surface area contributed by atoms with Crippen molar-refractivity contribution in [1.82, 2.24) is 4.98 Å². The van der Waals surface area contributed by atoms with Gasteiger partial charge in [0.25, 0.3) is 0 Å². The monoisotopic (exact) mass is 164 g/mol. The van der Waals surface area contributed by atoms with Gasteiger partial charge in [0.2, 0.25) is 0 Å². The predicted molar refractivity (Wildman–Crippen MR) is 47.6 cm³/mol. The number of aryl methyl sites for hydroxylation is 1. The minimum atomic E-state index is 0.754. The van der Waals surface area contributed by atoms with E-state index < -0.39 is 0 Å². The predicted octanol–water partition coefficient (Wildman–Crippen LogP) is 1.45. The van der Waals surface area contributed by atoms with Crippen molar-refractivity contribution in [3.05, 3.63) is 18.0 Å². The molecule has 0 atom stereocenters. The van der Waals surface area contributed by atoms with E-state index in [9.17, 15) is 0 Å². The Labute approximate surface area is 71.8 Å². The molecule has 0 aliphatic carbocycles. The van der Waals surface area contributed by atoms with Gasteiger partial charge in [-0.15, -0.1) is 0 Å². The molecule has 0 aromatic carbocycles. The first-order valence-corrected chi connectivity index (χ1v) is 4.25. The molecule has 1 aromatic rings. The molecule has 0 saturated heterocycles. The summed E-state index contributed by atoms with van der Waals surface area (Å²) in [6.45, 7) is 3.74. The SMILES string of the molecule is CCc1cncc2c1OCCN2. The van der Waals surface area contributed by atoms with Crippen LogP contribution in [0.25, 0.3) is 0 Å². The standard InChI is InChI=1S/C9H12N2O/c1-2-7-5-10-6-8-9(7)12-4-3-11-8/h5-6,11H,2-4H2,1H3. The van der Waals surface area contributed by atoms with Crippen LogP contribution < -0.4 is 10.1 Å². The maximum Gasteiger partial charge on any atom is 0.148 e. The molecule has 2 rings (SSSR count). The lowest BCUT2D eigenvalue weighted by Crippen LogP contribution is -2.19. The number of anilines is 1. The number of rotatable bonds is 1. The van der Waals surface area contributed by atoms with E-state index in [4.69, 9.17) is 4.74 Å². The summed E-state index contributed by atoms with van der Waals surface area (Å²) >= 11 is 0. The quantitative estimate of drug-likeness (QED) is 0.682. The fraction of sp³-hybridized carbons (Fsp3) is 0.444. The smallest absolute Gasteiger partial charge is 0.148 e.